The van der Waals surface area contributed by atoms with Crippen molar-refractivity contribution in [3.05, 3.63) is 78.3 Å². The Morgan fingerprint density at radius 3 is 2.54 bits per heavy atom. The highest BCUT2D eigenvalue weighted by atomic mass is 16.3. The Hall–Kier alpha value is -3.48. The van der Waals surface area contributed by atoms with E-state index in [4.69, 9.17) is 4.42 Å². The van der Waals surface area contributed by atoms with E-state index < -0.39 is 5.91 Å². The summed E-state index contributed by atoms with van der Waals surface area (Å²) in [5.74, 6) is -0.126. The molecule has 0 saturated carbocycles. The summed E-state index contributed by atoms with van der Waals surface area (Å²) >= 11 is 0. The van der Waals surface area contributed by atoms with Gasteiger partial charge in [-0.25, -0.2) is 4.98 Å². The number of hydrogen-bond acceptors (Lipinski definition) is 5. The minimum atomic E-state index is -0.392. The fourth-order valence-corrected chi connectivity index (χ4v) is 2.35. The molecule has 132 valence electrons. The standard InChI is InChI=1S/C19H18N4O3/c1-14-10-21-17(11-20-14)19(25)23(12-16-8-5-9-26-16)13-18(24)22-15-6-3-2-4-7-15/h2-11H,12-13H2,1H3,(H,22,24). The van der Waals surface area contributed by atoms with Crippen molar-refractivity contribution in [2.45, 2.75) is 13.5 Å². The number of nitrogens with one attached hydrogen (secondary N) is 1. The van der Waals surface area contributed by atoms with Gasteiger partial charge in [0.25, 0.3) is 5.91 Å². The van der Waals surface area contributed by atoms with Crippen LogP contribution in [-0.2, 0) is 11.3 Å². The van der Waals surface area contributed by atoms with Gasteiger partial charge < -0.3 is 14.6 Å². The normalized spacial score (nSPS) is 10.3. The van der Waals surface area contributed by atoms with Crippen molar-refractivity contribution < 1.29 is 14.0 Å². The van der Waals surface area contributed by atoms with Crippen molar-refractivity contribution >= 4 is 17.5 Å². The summed E-state index contributed by atoms with van der Waals surface area (Å²) in [4.78, 5) is 34.7. The molecule has 7 nitrogen and oxygen atoms in total. The molecule has 3 rings (SSSR count). The predicted molar refractivity (Wildman–Crippen MR) is 95.3 cm³/mol. The van der Waals surface area contributed by atoms with Crippen molar-refractivity contribution in [1.29, 1.82) is 0 Å². The third-order valence-electron chi connectivity index (χ3n) is 3.61. The first kappa shape index (κ1) is 17.3. The number of carbonyl (C=O) groups is 2. The summed E-state index contributed by atoms with van der Waals surface area (Å²) in [6, 6.07) is 12.5. The Bertz CT molecular complexity index is 862. The fraction of sp³-hybridized carbons (Fsp3) is 0.158. The molecule has 0 fully saturated rings. The Morgan fingerprint density at radius 2 is 1.88 bits per heavy atom. The van der Waals surface area contributed by atoms with Crippen LogP contribution in [0.4, 0.5) is 5.69 Å². The predicted octanol–water partition coefficient (Wildman–Crippen LogP) is 2.66. The van der Waals surface area contributed by atoms with E-state index in [-0.39, 0.29) is 24.7 Å². The van der Waals surface area contributed by atoms with Crippen molar-refractivity contribution in [2.24, 2.45) is 0 Å². The van der Waals surface area contributed by atoms with Gasteiger partial charge in [0.1, 0.15) is 18.0 Å². The van der Waals surface area contributed by atoms with Crippen molar-refractivity contribution in [3.8, 4) is 0 Å². The van der Waals surface area contributed by atoms with Gasteiger partial charge in [-0.3, -0.25) is 14.6 Å². The summed E-state index contributed by atoms with van der Waals surface area (Å²) in [7, 11) is 0. The molecule has 2 amide bonds. The highest BCUT2D eigenvalue weighted by molar-refractivity contribution is 5.98. The van der Waals surface area contributed by atoms with Crippen molar-refractivity contribution in [3.63, 3.8) is 0 Å². The van der Waals surface area contributed by atoms with Gasteiger partial charge >= 0.3 is 0 Å². The number of amides is 2. The van der Waals surface area contributed by atoms with E-state index >= 15 is 0 Å². The molecule has 0 aliphatic heterocycles. The number of rotatable bonds is 6. The van der Waals surface area contributed by atoms with Crippen LogP contribution in [0, 0.1) is 6.92 Å². The number of para-hydroxylation sites is 1. The maximum atomic E-state index is 12.8. The average molecular weight is 350 g/mol. The average Bonchev–Trinajstić information content (AvgIpc) is 3.15. The molecule has 0 spiro atoms. The topological polar surface area (TPSA) is 88.3 Å². The largest absolute Gasteiger partial charge is 0.467 e. The highest BCUT2D eigenvalue weighted by Crippen LogP contribution is 2.11. The monoisotopic (exact) mass is 350 g/mol. The van der Waals surface area contributed by atoms with Gasteiger partial charge in [0, 0.05) is 11.9 Å². The van der Waals surface area contributed by atoms with Crippen LogP contribution in [-0.4, -0.2) is 33.2 Å². The number of anilines is 1. The van der Waals surface area contributed by atoms with E-state index in [2.05, 4.69) is 15.3 Å². The Balaban J connectivity index is 1.75. The molecule has 0 saturated heterocycles. The van der Waals surface area contributed by atoms with Crippen LogP contribution in [0.25, 0.3) is 0 Å². The third kappa shape index (κ3) is 4.54. The molecular formula is C19H18N4O3. The molecule has 0 bridgehead atoms. The minimum absolute atomic E-state index is 0.135. The zero-order valence-corrected chi connectivity index (χ0v) is 14.3. The molecule has 2 heterocycles. The van der Waals surface area contributed by atoms with Gasteiger partial charge in [-0.2, -0.15) is 0 Å². The van der Waals surface area contributed by atoms with E-state index in [1.807, 2.05) is 18.2 Å². The number of hydrogen-bond donors (Lipinski definition) is 1. The number of carbonyl (C=O) groups excluding carboxylic acids is 2. The number of nitrogens with zero attached hydrogens (tertiary/aromatic N) is 3. The molecule has 3 aromatic rings. The lowest BCUT2D eigenvalue weighted by Gasteiger charge is -2.20. The van der Waals surface area contributed by atoms with Crippen LogP contribution >= 0.6 is 0 Å². The van der Waals surface area contributed by atoms with Gasteiger partial charge in [-0.15, -0.1) is 0 Å². The lowest BCUT2D eigenvalue weighted by molar-refractivity contribution is -0.117. The maximum Gasteiger partial charge on any atom is 0.274 e. The first-order valence-electron chi connectivity index (χ1n) is 8.07. The van der Waals surface area contributed by atoms with Crippen LogP contribution in [0.2, 0.25) is 0 Å². The Morgan fingerprint density at radius 1 is 1.08 bits per heavy atom. The summed E-state index contributed by atoms with van der Waals surface area (Å²) in [5, 5.41) is 2.77. The van der Waals surface area contributed by atoms with Crippen LogP contribution in [0.5, 0.6) is 0 Å². The second-order valence-electron chi connectivity index (χ2n) is 5.70. The zero-order valence-electron chi connectivity index (χ0n) is 14.3. The van der Waals surface area contributed by atoms with Gasteiger partial charge in [0.05, 0.1) is 24.7 Å². The van der Waals surface area contributed by atoms with E-state index in [9.17, 15) is 9.59 Å². The Labute approximate surface area is 150 Å². The van der Waals surface area contributed by atoms with E-state index in [1.165, 1.54) is 23.6 Å². The smallest absolute Gasteiger partial charge is 0.274 e. The van der Waals surface area contributed by atoms with Crippen molar-refractivity contribution in [2.75, 3.05) is 11.9 Å². The van der Waals surface area contributed by atoms with Crippen LogP contribution in [0.15, 0.2) is 65.5 Å². The second-order valence-corrected chi connectivity index (χ2v) is 5.70. The van der Waals surface area contributed by atoms with Gasteiger partial charge in [-0.1, -0.05) is 18.2 Å². The van der Waals surface area contributed by atoms with E-state index in [0.717, 1.165) is 0 Å². The lowest BCUT2D eigenvalue weighted by atomic mass is 10.3. The third-order valence-corrected chi connectivity index (χ3v) is 3.61. The van der Waals surface area contributed by atoms with E-state index in [0.29, 0.717) is 17.1 Å². The maximum absolute atomic E-state index is 12.8. The molecule has 26 heavy (non-hydrogen) atoms. The first-order valence-corrected chi connectivity index (χ1v) is 8.07. The highest BCUT2D eigenvalue weighted by Gasteiger charge is 2.21. The van der Waals surface area contributed by atoms with Gasteiger partial charge in [-0.05, 0) is 31.2 Å². The van der Waals surface area contributed by atoms with Crippen LogP contribution < -0.4 is 5.32 Å². The van der Waals surface area contributed by atoms with E-state index in [1.54, 1.807) is 31.2 Å². The van der Waals surface area contributed by atoms with Crippen LogP contribution in [0.1, 0.15) is 21.9 Å². The summed E-state index contributed by atoms with van der Waals surface area (Å²) in [5.41, 5.74) is 1.55. The fourth-order valence-electron chi connectivity index (χ4n) is 2.35. The molecular weight excluding hydrogens is 332 g/mol. The molecule has 1 aromatic carbocycles. The molecule has 0 unspecified atom stereocenters. The van der Waals surface area contributed by atoms with Crippen LogP contribution in [0.3, 0.4) is 0 Å². The SMILES string of the molecule is Cc1cnc(C(=O)N(CC(=O)Nc2ccccc2)Cc2ccco2)cn1. The zero-order chi connectivity index (χ0) is 18.4. The quantitative estimate of drug-likeness (QED) is 0.738. The molecule has 7 heteroatoms. The second kappa shape index (κ2) is 8.06. The number of aromatic nitrogens is 2. The Kier molecular flexibility index (Phi) is 5.38. The van der Waals surface area contributed by atoms with Gasteiger partial charge in [0.15, 0.2) is 0 Å². The molecule has 1 N–H and O–H groups in total. The number of benzene rings is 1. The summed E-state index contributed by atoms with van der Waals surface area (Å²) < 4.78 is 5.31. The first-order chi connectivity index (χ1) is 12.6. The molecule has 2 aromatic heterocycles. The van der Waals surface area contributed by atoms with Crippen molar-refractivity contribution in [1.82, 2.24) is 14.9 Å². The summed E-state index contributed by atoms with van der Waals surface area (Å²) in [6.07, 6.45) is 4.44. The lowest BCUT2D eigenvalue weighted by Crippen LogP contribution is -2.38. The van der Waals surface area contributed by atoms with Gasteiger partial charge in [0.2, 0.25) is 5.91 Å². The number of furan rings is 1. The molecule has 0 aliphatic carbocycles. The minimum Gasteiger partial charge on any atom is -0.467 e. The molecule has 0 atom stereocenters. The molecule has 0 radical (unpaired) electrons. The number of aryl methyl sites for hydroxylation is 1. The molecule has 0 aliphatic rings. The summed E-state index contributed by atoms with van der Waals surface area (Å²) in [6.45, 7) is 1.81.